The van der Waals surface area contributed by atoms with Crippen LogP contribution in [0.15, 0.2) is 54.6 Å². The highest BCUT2D eigenvalue weighted by Crippen LogP contribution is 2.24. The van der Waals surface area contributed by atoms with Gasteiger partial charge in [0, 0.05) is 12.1 Å². The molecule has 104 valence electrons. The van der Waals surface area contributed by atoms with E-state index in [4.69, 9.17) is 4.74 Å². The molecule has 3 heteroatoms. The summed E-state index contributed by atoms with van der Waals surface area (Å²) < 4.78 is 5.14. The summed E-state index contributed by atoms with van der Waals surface area (Å²) in [5.74, 6) is 0.984. The molecule has 2 aromatic carbocycles. The molecule has 3 nitrogen and oxygen atoms in total. The highest BCUT2D eigenvalue weighted by atomic mass is 16.5. The van der Waals surface area contributed by atoms with E-state index in [9.17, 15) is 4.79 Å². The van der Waals surface area contributed by atoms with E-state index in [-0.39, 0.29) is 11.8 Å². The molecule has 0 amide bonds. The van der Waals surface area contributed by atoms with Gasteiger partial charge in [-0.15, -0.1) is 0 Å². The fourth-order valence-electron chi connectivity index (χ4n) is 2.11. The molecule has 0 radical (unpaired) electrons. The summed E-state index contributed by atoms with van der Waals surface area (Å²) in [4.78, 5) is 11.5. The Morgan fingerprint density at radius 1 is 1.10 bits per heavy atom. The van der Waals surface area contributed by atoms with E-state index in [2.05, 4.69) is 5.32 Å². The van der Waals surface area contributed by atoms with Crippen LogP contribution < -0.4 is 10.1 Å². The molecule has 0 bridgehead atoms. The fourth-order valence-corrected chi connectivity index (χ4v) is 2.11. The van der Waals surface area contributed by atoms with Crippen molar-refractivity contribution in [1.29, 1.82) is 0 Å². The lowest BCUT2D eigenvalue weighted by Gasteiger charge is -2.19. The first kappa shape index (κ1) is 14.1. The number of hydrogen-bond donors (Lipinski definition) is 1. The zero-order chi connectivity index (χ0) is 14.4. The molecule has 0 saturated heterocycles. The van der Waals surface area contributed by atoms with Gasteiger partial charge in [-0.25, -0.2) is 0 Å². The lowest BCUT2D eigenvalue weighted by atomic mass is 10.0. The Morgan fingerprint density at radius 3 is 2.30 bits per heavy atom. The van der Waals surface area contributed by atoms with Crippen molar-refractivity contribution < 1.29 is 9.53 Å². The first-order valence-electron chi connectivity index (χ1n) is 6.64. The minimum Gasteiger partial charge on any atom is -0.497 e. The lowest BCUT2D eigenvalue weighted by molar-refractivity contribution is -0.117. The van der Waals surface area contributed by atoms with Crippen molar-refractivity contribution >= 4 is 11.5 Å². The van der Waals surface area contributed by atoms with Crippen LogP contribution in [-0.2, 0) is 4.79 Å². The fraction of sp³-hybridized carbons (Fsp3) is 0.235. The van der Waals surface area contributed by atoms with Crippen molar-refractivity contribution in [3.8, 4) is 5.75 Å². The topological polar surface area (TPSA) is 38.3 Å². The summed E-state index contributed by atoms with van der Waals surface area (Å²) in [7, 11) is 1.64. The summed E-state index contributed by atoms with van der Waals surface area (Å²) in [6, 6.07) is 17.7. The molecule has 2 rings (SSSR count). The largest absolute Gasteiger partial charge is 0.497 e. The van der Waals surface area contributed by atoms with E-state index >= 15 is 0 Å². The minimum absolute atomic E-state index is 0.0119. The highest BCUT2D eigenvalue weighted by Gasteiger charge is 2.13. The number of nitrogens with one attached hydrogen (secondary N) is 1. The third kappa shape index (κ3) is 3.85. The van der Waals surface area contributed by atoms with Crippen molar-refractivity contribution in [2.75, 3.05) is 12.4 Å². The second-order valence-corrected chi connectivity index (χ2v) is 4.74. The predicted molar refractivity (Wildman–Crippen MR) is 81.1 cm³/mol. The number of rotatable bonds is 6. The predicted octanol–water partition coefficient (Wildman–Crippen LogP) is 3.83. The zero-order valence-electron chi connectivity index (χ0n) is 11.8. The summed E-state index contributed by atoms with van der Waals surface area (Å²) in [5.41, 5.74) is 2.08. The number of ether oxygens (including phenoxy) is 1. The Bertz CT molecular complexity index is 549. The molecule has 1 atom stereocenters. The van der Waals surface area contributed by atoms with Crippen LogP contribution in [0.3, 0.4) is 0 Å². The van der Waals surface area contributed by atoms with Crippen molar-refractivity contribution in [1.82, 2.24) is 0 Å². The van der Waals surface area contributed by atoms with Gasteiger partial charge in [-0.3, -0.25) is 4.79 Å². The smallest absolute Gasteiger partial charge is 0.132 e. The number of benzene rings is 2. The number of Topliss-reactive ketones (excluding diaryl/α,β-unsaturated/α-hetero) is 1. The average Bonchev–Trinajstić information content (AvgIpc) is 2.48. The Hall–Kier alpha value is -2.29. The van der Waals surface area contributed by atoms with Gasteiger partial charge < -0.3 is 10.1 Å². The van der Waals surface area contributed by atoms with Gasteiger partial charge in [0.15, 0.2) is 0 Å². The SMILES string of the molecule is COc1ccc(N[C@@H](CC(C)=O)c2ccccc2)cc1. The second kappa shape index (κ2) is 6.75. The van der Waals surface area contributed by atoms with E-state index in [1.165, 1.54) is 0 Å². The first-order valence-corrected chi connectivity index (χ1v) is 6.64. The highest BCUT2D eigenvalue weighted by molar-refractivity contribution is 5.77. The number of hydrogen-bond acceptors (Lipinski definition) is 3. The summed E-state index contributed by atoms with van der Waals surface area (Å²) in [5, 5.41) is 3.40. The van der Waals surface area contributed by atoms with Crippen LogP contribution in [0.4, 0.5) is 5.69 Å². The molecule has 1 N–H and O–H groups in total. The van der Waals surface area contributed by atoms with Crippen molar-refractivity contribution in [2.24, 2.45) is 0 Å². The van der Waals surface area contributed by atoms with E-state index in [1.54, 1.807) is 14.0 Å². The Labute approximate surface area is 119 Å². The monoisotopic (exact) mass is 269 g/mol. The summed E-state index contributed by atoms with van der Waals surface area (Å²) >= 11 is 0. The van der Waals surface area contributed by atoms with Gasteiger partial charge in [0.05, 0.1) is 13.2 Å². The van der Waals surface area contributed by atoms with Crippen LogP contribution in [0.5, 0.6) is 5.75 Å². The molecule has 0 aromatic heterocycles. The molecule has 0 fully saturated rings. The van der Waals surface area contributed by atoms with Crippen LogP contribution in [0.1, 0.15) is 24.9 Å². The van der Waals surface area contributed by atoms with Crippen LogP contribution in [0.25, 0.3) is 0 Å². The molecule has 0 aliphatic rings. The first-order chi connectivity index (χ1) is 9.69. The third-order valence-corrected chi connectivity index (χ3v) is 3.12. The number of methoxy groups -OCH3 is 1. The van der Waals surface area contributed by atoms with E-state index in [1.807, 2.05) is 54.6 Å². The zero-order valence-corrected chi connectivity index (χ0v) is 11.8. The molecule has 0 saturated carbocycles. The molecule has 0 spiro atoms. The number of anilines is 1. The lowest BCUT2D eigenvalue weighted by Crippen LogP contribution is -2.14. The van der Waals surface area contributed by atoms with E-state index in [0.29, 0.717) is 6.42 Å². The molecule has 20 heavy (non-hydrogen) atoms. The molecule has 0 aliphatic carbocycles. The van der Waals surface area contributed by atoms with Gasteiger partial charge in [0.25, 0.3) is 0 Å². The second-order valence-electron chi connectivity index (χ2n) is 4.74. The Balaban J connectivity index is 2.16. The van der Waals surface area contributed by atoms with E-state index in [0.717, 1.165) is 17.0 Å². The molecule has 0 aliphatic heterocycles. The molecule has 0 unspecified atom stereocenters. The van der Waals surface area contributed by atoms with Crippen molar-refractivity contribution in [3.63, 3.8) is 0 Å². The maximum absolute atomic E-state index is 11.5. The van der Waals surface area contributed by atoms with Crippen molar-refractivity contribution in [2.45, 2.75) is 19.4 Å². The number of carbonyl (C=O) groups excluding carboxylic acids is 1. The average molecular weight is 269 g/mol. The van der Waals surface area contributed by atoms with E-state index < -0.39 is 0 Å². The molecular weight excluding hydrogens is 250 g/mol. The van der Waals surface area contributed by atoms with Gasteiger partial charge in [0.1, 0.15) is 11.5 Å². The molecule has 0 heterocycles. The normalized spacial score (nSPS) is 11.7. The molecular formula is C17H19NO2. The minimum atomic E-state index is -0.0119. The van der Waals surface area contributed by atoms with Gasteiger partial charge >= 0.3 is 0 Å². The quantitative estimate of drug-likeness (QED) is 0.866. The number of ketones is 1. The Morgan fingerprint density at radius 2 is 1.75 bits per heavy atom. The third-order valence-electron chi connectivity index (χ3n) is 3.12. The molecule has 2 aromatic rings. The van der Waals surface area contributed by atoms with Crippen LogP contribution in [0.2, 0.25) is 0 Å². The Kier molecular flexibility index (Phi) is 4.77. The van der Waals surface area contributed by atoms with Gasteiger partial charge in [-0.1, -0.05) is 30.3 Å². The maximum atomic E-state index is 11.5. The number of carbonyl (C=O) groups is 1. The van der Waals surface area contributed by atoms with Gasteiger partial charge in [-0.05, 0) is 36.8 Å². The standard InChI is InChI=1S/C17H19NO2/c1-13(19)12-17(14-6-4-3-5-7-14)18-15-8-10-16(20-2)11-9-15/h3-11,17-18H,12H2,1-2H3/t17-/m0/s1. The van der Waals surface area contributed by atoms with Gasteiger partial charge in [0.2, 0.25) is 0 Å². The van der Waals surface area contributed by atoms with Crippen LogP contribution in [0, 0.1) is 0 Å². The van der Waals surface area contributed by atoms with Crippen molar-refractivity contribution in [3.05, 3.63) is 60.2 Å². The van der Waals surface area contributed by atoms with Crippen LogP contribution in [-0.4, -0.2) is 12.9 Å². The van der Waals surface area contributed by atoms with Gasteiger partial charge in [-0.2, -0.15) is 0 Å². The summed E-state index contributed by atoms with van der Waals surface area (Å²) in [6.45, 7) is 1.62. The van der Waals surface area contributed by atoms with Crippen LogP contribution >= 0.6 is 0 Å². The summed E-state index contributed by atoms with van der Waals surface area (Å²) in [6.07, 6.45) is 0.468. The maximum Gasteiger partial charge on any atom is 0.132 e.